The minimum absolute atomic E-state index is 0.0161. The van der Waals surface area contributed by atoms with Crippen LogP contribution in [-0.4, -0.2) is 22.0 Å². The molecule has 0 spiro atoms. The van der Waals surface area contributed by atoms with E-state index in [9.17, 15) is 4.79 Å². The molecule has 0 unspecified atom stereocenters. The van der Waals surface area contributed by atoms with E-state index in [2.05, 4.69) is 39.5 Å². The van der Waals surface area contributed by atoms with Gasteiger partial charge in [0.2, 0.25) is 0 Å². The Morgan fingerprint density at radius 3 is 2.16 bits per heavy atom. The van der Waals surface area contributed by atoms with Crippen LogP contribution in [0.15, 0.2) is 42.7 Å². The van der Waals surface area contributed by atoms with Gasteiger partial charge in [0.25, 0.3) is 0 Å². The molecule has 2 aliphatic carbocycles. The lowest BCUT2D eigenvalue weighted by Gasteiger charge is -2.40. The maximum absolute atomic E-state index is 13.5. The second-order valence-corrected chi connectivity index (χ2v) is 9.66. The van der Waals surface area contributed by atoms with Gasteiger partial charge in [-0.05, 0) is 68.1 Å². The Hall–Kier alpha value is -2.36. The van der Waals surface area contributed by atoms with E-state index in [0.29, 0.717) is 12.6 Å². The zero-order valence-corrected chi connectivity index (χ0v) is 19.1. The molecule has 4 rings (SSSR count). The highest BCUT2D eigenvalue weighted by atomic mass is 16.2. The van der Waals surface area contributed by atoms with Crippen molar-refractivity contribution in [2.75, 3.05) is 5.32 Å². The van der Waals surface area contributed by atoms with Crippen LogP contribution in [0.1, 0.15) is 74.5 Å². The number of amides is 2. The second-order valence-electron chi connectivity index (χ2n) is 9.66. The smallest absolute Gasteiger partial charge is 0.317 e. The van der Waals surface area contributed by atoms with Crippen molar-refractivity contribution < 1.29 is 4.79 Å². The molecule has 0 atom stereocenters. The zero-order chi connectivity index (χ0) is 21.6. The molecule has 1 aromatic carbocycles. The van der Waals surface area contributed by atoms with Crippen molar-refractivity contribution in [2.45, 2.75) is 84.2 Å². The molecule has 0 saturated heterocycles. The van der Waals surface area contributed by atoms with E-state index in [0.717, 1.165) is 41.5 Å². The van der Waals surface area contributed by atoms with Crippen molar-refractivity contribution in [3.8, 4) is 0 Å². The number of aryl methyl sites for hydroxylation is 2. The number of urea groups is 1. The summed E-state index contributed by atoms with van der Waals surface area (Å²) in [4.78, 5) is 19.8. The number of hydrogen-bond donors (Lipinski definition) is 1. The van der Waals surface area contributed by atoms with E-state index in [1.165, 1.54) is 50.5 Å². The quantitative estimate of drug-likeness (QED) is 0.574. The Kier molecular flexibility index (Phi) is 7.26. The minimum atomic E-state index is 0.0161. The molecule has 0 radical (unpaired) electrons. The summed E-state index contributed by atoms with van der Waals surface area (Å²) in [5.74, 6) is 1.79. The van der Waals surface area contributed by atoms with Gasteiger partial charge in [0.15, 0.2) is 0 Å². The monoisotopic (exact) mass is 419 g/mol. The van der Waals surface area contributed by atoms with E-state index in [4.69, 9.17) is 0 Å². The summed E-state index contributed by atoms with van der Waals surface area (Å²) in [7, 11) is 0. The summed E-state index contributed by atoms with van der Waals surface area (Å²) in [6.07, 6.45) is 15.5. The maximum atomic E-state index is 13.5. The Morgan fingerprint density at radius 1 is 0.903 bits per heavy atom. The Balaban J connectivity index is 1.47. The fourth-order valence-electron chi connectivity index (χ4n) is 5.71. The van der Waals surface area contributed by atoms with Crippen LogP contribution in [0, 0.1) is 25.7 Å². The van der Waals surface area contributed by atoms with Gasteiger partial charge in [-0.1, -0.05) is 62.4 Å². The molecule has 1 aromatic heterocycles. The van der Waals surface area contributed by atoms with Crippen LogP contribution in [0.4, 0.5) is 10.5 Å². The minimum Gasteiger partial charge on any atom is -0.317 e. The van der Waals surface area contributed by atoms with Gasteiger partial charge in [-0.25, -0.2) is 4.79 Å². The van der Waals surface area contributed by atoms with Crippen LogP contribution < -0.4 is 5.32 Å². The molecule has 2 saturated carbocycles. The van der Waals surface area contributed by atoms with E-state index >= 15 is 0 Å². The lowest BCUT2D eigenvalue weighted by atomic mass is 9.72. The zero-order valence-electron chi connectivity index (χ0n) is 19.1. The number of nitrogens with one attached hydrogen (secondary N) is 1. The molecule has 2 aliphatic rings. The fourth-order valence-corrected chi connectivity index (χ4v) is 5.71. The van der Waals surface area contributed by atoms with Crippen LogP contribution in [0.3, 0.4) is 0 Å². The first-order chi connectivity index (χ1) is 15.1. The standard InChI is InChI=1S/C27H37N3O/c1-20-17-28-18-21(2)26(20)29-27(31)30(19-22-9-5-3-6-10-22)25-15-13-24(14-16-25)23-11-7-4-8-12-23/h3,5-6,9-10,17-18,23-25H,4,7-8,11-16,19H2,1-2H3,(H,28,29,31)/t24-,25+. The Bertz CT molecular complexity index is 832. The van der Waals surface area contributed by atoms with Crippen molar-refractivity contribution in [3.05, 3.63) is 59.4 Å². The summed E-state index contributed by atoms with van der Waals surface area (Å²) < 4.78 is 0. The van der Waals surface area contributed by atoms with Gasteiger partial charge in [-0.15, -0.1) is 0 Å². The molecule has 1 N–H and O–H groups in total. The normalized spacial score (nSPS) is 22.1. The van der Waals surface area contributed by atoms with Gasteiger partial charge >= 0.3 is 6.03 Å². The molecule has 2 amide bonds. The van der Waals surface area contributed by atoms with Crippen molar-refractivity contribution >= 4 is 11.7 Å². The Morgan fingerprint density at radius 2 is 1.52 bits per heavy atom. The number of rotatable bonds is 5. The van der Waals surface area contributed by atoms with E-state index in [1.807, 2.05) is 32.3 Å². The van der Waals surface area contributed by atoms with E-state index < -0.39 is 0 Å². The summed E-state index contributed by atoms with van der Waals surface area (Å²) in [6.45, 7) is 4.67. The predicted molar refractivity (Wildman–Crippen MR) is 127 cm³/mol. The Labute approximate surface area is 187 Å². The van der Waals surface area contributed by atoms with Gasteiger partial charge in [0.05, 0.1) is 5.69 Å². The highest BCUT2D eigenvalue weighted by Crippen LogP contribution is 2.39. The number of aromatic nitrogens is 1. The van der Waals surface area contributed by atoms with Crippen LogP contribution in [0.5, 0.6) is 0 Å². The highest BCUT2D eigenvalue weighted by molar-refractivity contribution is 5.91. The van der Waals surface area contributed by atoms with Crippen LogP contribution in [-0.2, 0) is 6.54 Å². The number of pyridine rings is 1. The molecule has 2 aromatic rings. The number of hydrogen-bond acceptors (Lipinski definition) is 2. The van der Waals surface area contributed by atoms with Gasteiger partial charge in [0, 0.05) is 25.0 Å². The third-order valence-corrected chi connectivity index (χ3v) is 7.51. The largest absolute Gasteiger partial charge is 0.322 e. The van der Waals surface area contributed by atoms with Gasteiger partial charge in [-0.3, -0.25) is 4.98 Å². The average molecular weight is 420 g/mol. The summed E-state index contributed by atoms with van der Waals surface area (Å²) in [6, 6.07) is 10.7. The molecule has 2 fully saturated rings. The molecule has 31 heavy (non-hydrogen) atoms. The van der Waals surface area contributed by atoms with Crippen molar-refractivity contribution in [1.82, 2.24) is 9.88 Å². The van der Waals surface area contributed by atoms with Crippen molar-refractivity contribution in [1.29, 1.82) is 0 Å². The topological polar surface area (TPSA) is 45.2 Å². The maximum Gasteiger partial charge on any atom is 0.322 e. The molecule has 4 nitrogen and oxygen atoms in total. The summed E-state index contributed by atoms with van der Waals surface area (Å²) >= 11 is 0. The molecular formula is C27H37N3O. The number of carbonyl (C=O) groups is 1. The highest BCUT2D eigenvalue weighted by Gasteiger charge is 2.33. The van der Waals surface area contributed by atoms with Crippen LogP contribution in [0.25, 0.3) is 0 Å². The van der Waals surface area contributed by atoms with E-state index in [1.54, 1.807) is 0 Å². The lowest BCUT2D eigenvalue weighted by molar-refractivity contribution is 0.120. The summed E-state index contributed by atoms with van der Waals surface area (Å²) in [5.41, 5.74) is 4.10. The molecule has 0 bridgehead atoms. The van der Waals surface area contributed by atoms with Crippen molar-refractivity contribution in [3.63, 3.8) is 0 Å². The number of benzene rings is 1. The lowest BCUT2D eigenvalue weighted by Crippen LogP contribution is -2.44. The molecule has 0 aliphatic heterocycles. The first-order valence-electron chi connectivity index (χ1n) is 12.1. The molecule has 4 heteroatoms. The SMILES string of the molecule is Cc1cncc(C)c1NC(=O)N(Cc1ccccc1)[C@H]1CC[C@@H](C2CCCCC2)CC1. The first kappa shape index (κ1) is 21.9. The number of carbonyl (C=O) groups excluding carboxylic acids is 1. The number of anilines is 1. The van der Waals surface area contributed by atoms with E-state index in [-0.39, 0.29) is 6.03 Å². The molecular weight excluding hydrogens is 382 g/mol. The molecule has 166 valence electrons. The third-order valence-electron chi connectivity index (χ3n) is 7.51. The summed E-state index contributed by atoms with van der Waals surface area (Å²) in [5, 5.41) is 3.22. The fraction of sp³-hybridized carbons (Fsp3) is 0.556. The van der Waals surface area contributed by atoms with Gasteiger partial charge in [0.1, 0.15) is 0 Å². The second kappa shape index (κ2) is 10.3. The van der Waals surface area contributed by atoms with Crippen molar-refractivity contribution in [2.24, 2.45) is 11.8 Å². The predicted octanol–water partition coefficient (Wildman–Crippen LogP) is 6.87. The van der Waals surface area contributed by atoms with Crippen LogP contribution >= 0.6 is 0 Å². The third kappa shape index (κ3) is 5.47. The average Bonchev–Trinajstić information content (AvgIpc) is 2.81. The first-order valence-corrected chi connectivity index (χ1v) is 12.1. The van der Waals surface area contributed by atoms with Gasteiger partial charge < -0.3 is 10.2 Å². The van der Waals surface area contributed by atoms with Crippen LogP contribution in [0.2, 0.25) is 0 Å². The van der Waals surface area contributed by atoms with Gasteiger partial charge in [-0.2, -0.15) is 0 Å². The number of nitrogens with zero attached hydrogens (tertiary/aromatic N) is 2. The molecule has 1 heterocycles.